The zero-order valence-corrected chi connectivity index (χ0v) is 7.86. The van der Waals surface area contributed by atoms with E-state index in [0.717, 1.165) is 6.08 Å². The molecule has 0 atom stereocenters. The van der Waals surface area contributed by atoms with Crippen molar-refractivity contribution < 1.29 is 28.8 Å². The molecule has 0 saturated carbocycles. The van der Waals surface area contributed by atoms with Crippen molar-refractivity contribution in [1.29, 1.82) is 0 Å². The molecule has 0 fully saturated rings. The zero-order valence-electron chi connectivity index (χ0n) is 7.86. The molecule has 6 heteroatoms. The fourth-order valence-corrected chi connectivity index (χ4v) is 0.467. The van der Waals surface area contributed by atoms with E-state index in [1.54, 1.807) is 6.92 Å². The molecule has 0 aliphatic heterocycles. The summed E-state index contributed by atoms with van der Waals surface area (Å²) in [6.07, 6.45) is 0.0918. The van der Waals surface area contributed by atoms with E-state index < -0.39 is 12.1 Å². The van der Waals surface area contributed by atoms with E-state index in [1.165, 1.54) is 0 Å². The van der Waals surface area contributed by atoms with Gasteiger partial charge in [-0.3, -0.25) is 4.89 Å². The Morgan fingerprint density at radius 2 is 2.00 bits per heavy atom. The lowest BCUT2D eigenvalue weighted by Gasteiger charge is -2.03. The van der Waals surface area contributed by atoms with Crippen molar-refractivity contribution in [3.63, 3.8) is 0 Å². The van der Waals surface area contributed by atoms with E-state index >= 15 is 0 Å². The van der Waals surface area contributed by atoms with E-state index in [2.05, 4.69) is 25.8 Å². The Balaban J connectivity index is 3.25. The van der Waals surface area contributed by atoms with Gasteiger partial charge in [-0.05, 0) is 6.92 Å². The van der Waals surface area contributed by atoms with Crippen molar-refractivity contribution in [3.8, 4) is 0 Å². The fraction of sp³-hybridized carbons (Fsp3) is 0.500. The van der Waals surface area contributed by atoms with E-state index in [1.807, 2.05) is 0 Å². The molecular weight excluding hydrogens is 192 g/mol. The van der Waals surface area contributed by atoms with Gasteiger partial charge in [-0.15, -0.1) is 0 Å². The molecule has 0 unspecified atom stereocenters. The van der Waals surface area contributed by atoms with Crippen LogP contribution in [-0.4, -0.2) is 31.9 Å². The average Bonchev–Trinajstić information content (AvgIpc) is 2.17. The van der Waals surface area contributed by atoms with E-state index in [4.69, 9.17) is 0 Å². The Morgan fingerprint density at radius 1 is 1.29 bits per heavy atom. The SMILES string of the molecule is C=CC(=O)OCCOOC(=O)OCC. The van der Waals surface area contributed by atoms with Crippen molar-refractivity contribution in [2.75, 3.05) is 19.8 Å². The molecule has 0 aromatic carbocycles. The highest BCUT2D eigenvalue weighted by Crippen LogP contribution is 1.87. The highest BCUT2D eigenvalue weighted by Gasteiger charge is 2.03. The molecule has 0 N–H and O–H groups in total. The number of hydrogen-bond acceptors (Lipinski definition) is 6. The quantitative estimate of drug-likeness (QED) is 0.210. The molecular formula is C8H12O6. The molecule has 14 heavy (non-hydrogen) atoms. The van der Waals surface area contributed by atoms with Gasteiger partial charge in [0.2, 0.25) is 0 Å². The predicted molar refractivity (Wildman–Crippen MR) is 45.2 cm³/mol. The van der Waals surface area contributed by atoms with Crippen LogP contribution in [-0.2, 0) is 24.0 Å². The van der Waals surface area contributed by atoms with Gasteiger partial charge >= 0.3 is 12.1 Å². The van der Waals surface area contributed by atoms with E-state index in [0.29, 0.717) is 0 Å². The van der Waals surface area contributed by atoms with Gasteiger partial charge in [0, 0.05) is 6.08 Å². The molecule has 0 saturated heterocycles. The van der Waals surface area contributed by atoms with Gasteiger partial charge in [-0.2, -0.15) is 4.89 Å². The number of carbonyl (C=O) groups excluding carboxylic acids is 2. The molecule has 0 aliphatic rings. The molecule has 0 aliphatic carbocycles. The van der Waals surface area contributed by atoms with Gasteiger partial charge in [-0.25, -0.2) is 9.59 Å². The first-order valence-electron chi connectivity index (χ1n) is 3.96. The highest BCUT2D eigenvalue weighted by molar-refractivity contribution is 5.81. The maximum atomic E-state index is 10.5. The topological polar surface area (TPSA) is 71.1 Å². The molecule has 0 aromatic heterocycles. The van der Waals surface area contributed by atoms with Gasteiger partial charge in [0.05, 0.1) is 6.61 Å². The lowest BCUT2D eigenvalue weighted by Crippen LogP contribution is -2.12. The van der Waals surface area contributed by atoms with Gasteiger partial charge in [0.1, 0.15) is 13.2 Å². The number of hydrogen-bond donors (Lipinski definition) is 0. The summed E-state index contributed by atoms with van der Waals surface area (Å²) in [5, 5.41) is 0. The number of rotatable bonds is 6. The third kappa shape index (κ3) is 7.11. The zero-order chi connectivity index (χ0) is 10.8. The van der Waals surface area contributed by atoms with Crippen LogP contribution in [0.1, 0.15) is 6.92 Å². The van der Waals surface area contributed by atoms with Gasteiger partial charge in [0.15, 0.2) is 0 Å². The van der Waals surface area contributed by atoms with Crippen molar-refractivity contribution in [2.45, 2.75) is 6.92 Å². The predicted octanol–water partition coefficient (Wildman–Crippen LogP) is 0.820. The lowest BCUT2D eigenvalue weighted by molar-refractivity contribution is -0.259. The molecule has 6 nitrogen and oxygen atoms in total. The Labute approximate surface area is 81.3 Å². The monoisotopic (exact) mass is 204 g/mol. The first-order chi connectivity index (χ1) is 6.70. The fourth-order valence-electron chi connectivity index (χ4n) is 0.467. The molecule has 0 heterocycles. The van der Waals surface area contributed by atoms with Crippen LogP contribution in [0.15, 0.2) is 12.7 Å². The minimum Gasteiger partial charge on any atom is -0.460 e. The van der Waals surface area contributed by atoms with E-state index in [-0.39, 0.29) is 19.8 Å². The summed E-state index contributed by atoms with van der Waals surface area (Å²) in [6, 6.07) is 0. The summed E-state index contributed by atoms with van der Waals surface area (Å²) in [7, 11) is 0. The normalized spacial score (nSPS) is 8.93. The summed E-state index contributed by atoms with van der Waals surface area (Å²) in [5.74, 6) is -0.565. The van der Waals surface area contributed by atoms with Crippen molar-refractivity contribution in [1.82, 2.24) is 0 Å². The molecule has 0 radical (unpaired) electrons. The molecule has 80 valence electrons. The summed E-state index contributed by atoms with van der Waals surface area (Å²) < 4.78 is 8.90. The van der Waals surface area contributed by atoms with Crippen molar-refractivity contribution in [2.24, 2.45) is 0 Å². The molecule has 0 spiro atoms. The Hall–Kier alpha value is -1.56. The molecule has 0 aromatic rings. The standard InChI is InChI=1S/C8H12O6/c1-3-7(9)12-5-6-13-14-8(10)11-4-2/h3H,1,4-6H2,2H3. The van der Waals surface area contributed by atoms with Gasteiger partial charge in [0.25, 0.3) is 0 Å². The van der Waals surface area contributed by atoms with Gasteiger partial charge in [-0.1, -0.05) is 6.58 Å². The minimum absolute atomic E-state index is 0.0236. The summed E-state index contributed by atoms with van der Waals surface area (Å²) in [6.45, 7) is 4.94. The summed E-state index contributed by atoms with van der Waals surface area (Å²) in [4.78, 5) is 29.5. The van der Waals surface area contributed by atoms with Crippen LogP contribution in [0.3, 0.4) is 0 Å². The Morgan fingerprint density at radius 3 is 2.57 bits per heavy atom. The maximum absolute atomic E-state index is 10.5. The average molecular weight is 204 g/mol. The third-order valence-electron chi connectivity index (χ3n) is 0.967. The van der Waals surface area contributed by atoms with Crippen LogP contribution < -0.4 is 0 Å². The largest absolute Gasteiger partial charge is 0.540 e. The van der Waals surface area contributed by atoms with Crippen molar-refractivity contribution >= 4 is 12.1 Å². The van der Waals surface area contributed by atoms with Gasteiger partial charge < -0.3 is 9.47 Å². The van der Waals surface area contributed by atoms with Crippen LogP contribution >= 0.6 is 0 Å². The summed E-state index contributed by atoms with van der Waals surface area (Å²) in [5.41, 5.74) is 0. The third-order valence-corrected chi connectivity index (χ3v) is 0.967. The van der Waals surface area contributed by atoms with Crippen LogP contribution in [0.2, 0.25) is 0 Å². The number of carbonyl (C=O) groups is 2. The van der Waals surface area contributed by atoms with Crippen LogP contribution in [0, 0.1) is 0 Å². The first-order valence-corrected chi connectivity index (χ1v) is 3.96. The lowest BCUT2D eigenvalue weighted by atomic mass is 10.6. The Bertz CT molecular complexity index is 200. The Kier molecular flexibility index (Phi) is 7.16. The van der Waals surface area contributed by atoms with E-state index in [9.17, 15) is 9.59 Å². The summed E-state index contributed by atoms with van der Waals surface area (Å²) >= 11 is 0. The van der Waals surface area contributed by atoms with Crippen LogP contribution in [0.25, 0.3) is 0 Å². The smallest absolute Gasteiger partial charge is 0.460 e. The second-order valence-corrected chi connectivity index (χ2v) is 1.96. The second kappa shape index (κ2) is 8.06. The molecule has 0 rings (SSSR count). The molecule has 0 bridgehead atoms. The molecule has 0 amide bonds. The maximum Gasteiger partial charge on any atom is 0.540 e. The minimum atomic E-state index is -0.928. The van der Waals surface area contributed by atoms with Crippen LogP contribution in [0.4, 0.5) is 4.79 Å². The number of esters is 1. The van der Waals surface area contributed by atoms with Crippen molar-refractivity contribution in [3.05, 3.63) is 12.7 Å². The first kappa shape index (κ1) is 12.4. The number of ether oxygens (including phenoxy) is 2. The highest BCUT2D eigenvalue weighted by atomic mass is 17.2. The second-order valence-electron chi connectivity index (χ2n) is 1.96. The van der Waals surface area contributed by atoms with Crippen LogP contribution in [0.5, 0.6) is 0 Å².